The first-order chi connectivity index (χ1) is 15.8. The fourth-order valence-corrected chi connectivity index (χ4v) is 4.30. The maximum Gasteiger partial charge on any atom is 0.337 e. The van der Waals surface area contributed by atoms with E-state index in [0.717, 1.165) is 19.3 Å². The fraction of sp³-hybridized carbons (Fsp3) is 0.960. The molecule has 196 valence electrons. The number of carbonyl (C=O) groups excluding carboxylic acids is 1. The van der Waals surface area contributed by atoms with Gasteiger partial charge in [-0.3, -0.25) is 0 Å². The van der Waals surface area contributed by atoms with Gasteiger partial charge in [-0.2, -0.15) is 0 Å². The van der Waals surface area contributed by atoms with Gasteiger partial charge in [0.1, 0.15) is 24.4 Å². The highest BCUT2D eigenvalue weighted by Gasteiger charge is 2.53. The Labute approximate surface area is 199 Å². The molecule has 1 fully saturated rings. The Morgan fingerprint density at radius 3 is 1.76 bits per heavy atom. The van der Waals surface area contributed by atoms with Gasteiger partial charge >= 0.3 is 5.97 Å². The molecule has 8 nitrogen and oxygen atoms in total. The van der Waals surface area contributed by atoms with Gasteiger partial charge in [0.2, 0.25) is 5.79 Å². The zero-order valence-corrected chi connectivity index (χ0v) is 20.7. The topological polar surface area (TPSA) is 137 Å². The zero-order valence-electron chi connectivity index (χ0n) is 20.7. The van der Waals surface area contributed by atoms with Crippen molar-refractivity contribution in [3.8, 4) is 0 Å². The van der Waals surface area contributed by atoms with Crippen LogP contribution in [0.5, 0.6) is 0 Å². The Morgan fingerprint density at radius 1 is 0.848 bits per heavy atom. The minimum Gasteiger partial charge on any atom is -0.428 e. The van der Waals surface area contributed by atoms with E-state index >= 15 is 0 Å². The van der Waals surface area contributed by atoms with Crippen molar-refractivity contribution >= 4 is 5.97 Å². The van der Waals surface area contributed by atoms with Gasteiger partial charge in [0, 0.05) is 6.92 Å². The van der Waals surface area contributed by atoms with Crippen LogP contribution in [0.3, 0.4) is 0 Å². The van der Waals surface area contributed by atoms with E-state index in [2.05, 4.69) is 6.92 Å². The predicted octanol–water partition coefficient (Wildman–Crippen LogP) is 2.95. The molecule has 33 heavy (non-hydrogen) atoms. The molecule has 0 radical (unpaired) electrons. The van der Waals surface area contributed by atoms with Crippen LogP contribution in [0, 0.1) is 0 Å². The average molecular weight is 477 g/mol. The summed E-state index contributed by atoms with van der Waals surface area (Å²) in [7, 11) is 0. The van der Waals surface area contributed by atoms with Gasteiger partial charge in [-0.1, -0.05) is 96.8 Å². The minimum absolute atomic E-state index is 0.234. The summed E-state index contributed by atoms with van der Waals surface area (Å²) in [4.78, 5) is 12.2. The van der Waals surface area contributed by atoms with Crippen LogP contribution in [-0.4, -0.2) is 74.4 Å². The molecular formula is C25H48O8. The van der Waals surface area contributed by atoms with Gasteiger partial charge in [0.15, 0.2) is 6.10 Å². The zero-order chi connectivity index (χ0) is 24.7. The third kappa shape index (κ3) is 11.0. The van der Waals surface area contributed by atoms with Crippen molar-refractivity contribution in [1.82, 2.24) is 0 Å². The van der Waals surface area contributed by atoms with Crippen LogP contribution >= 0.6 is 0 Å². The highest BCUT2D eigenvalue weighted by atomic mass is 16.7. The minimum atomic E-state index is -1.97. The molecule has 0 aromatic rings. The summed E-state index contributed by atoms with van der Waals surface area (Å²) < 4.78 is 10.4. The molecule has 0 spiro atoms. The van der Waals surface area contributed by atoms with Crippen LogP contribution in [0.15, 0.2) is 0 Å². The lowest BCUT2D eigenvalue weighted by molar-refractivity contribution is -0.345. The molecule has 1 aliphatic rings. The molecule has 0 aromatic heterocycles. The Balaban J connectivity index is 2.12. The molecule has 0 amide bonds. The third-order valence-electron chi connectivity index (χ3n) is 6.56. The second-order valence-electron chi connectivity index (χ2n) is 9.60. The third-order valence-corrected chi connectivity index (χ3v) is 6.56. The number of unbranched alkanes of at least 4 members (excludes halogenated alkanes) is 13. The molecule has 0 aromatic carbocycles. The van der Waals surface area contributed by atoms with Crippen molar-refractivity contribution in [3.05, 3.63) is 0 Å². The quantitative estimate of drug-likeness (QED) is 0.150. The van der Waals surface area contributed by atoms with Crippen molar-refractivity contribution in [2.24, 2.45) is 0 Å². The molecule has 1 saturated heterocycles. The van der Waals surface area contributed by atoms with Crippen molar-refractivity contribution in [2.45, 2.75) is 146 Å². The maximum absolute atomic E-state index is 12.2. The van der Waals surface area contributed by atoms with Crippen LogP contribution in [0.2, 0.25) is 0 Å². The van der Waals surface area contributed by atoms with E-state index in [1.54, 1.807) is 0 Å². The second kappa shape index (κ2) is 16.8. The summed E-state index contributed by atoms with van der Waals surface area (Å²) in [6, 6.07) is 0. The normalized spacial score (nSPS) is 28.6. The lowest BCUT2D eigenvalue weighted by Crippen LogP contribution is -2.65. The van der Waals surface area contributed by atoms with E-state index in [1.165, 1.54) is 71.1 Å². The van der Waals surface area contributed by atoms with Crippen LogP contribution in [0.4, 0.5) is 0 Å². The van der Waals surface area contributed by atoms with E-state index in [4.69, 9.17) is 9.47 Å². The molecule has 0 bridgehead atoms. The van der Waals surface area contributed by atoms with Crippen LogP contribution in [0.25, 0.3) is 0 Å². The SMILES string of the molecule is CCCCCCCCCCCCCCCCC(O)C(=O)OC1(C)O[C@H](CO)[C@@H](O)[C@H](O)[C@H]1O. The number of hydrogen-bond acceptors (Lipinski definition) is 8. The van der Waals surface area contributed by atoms with Gasteiger partial charge < -0.3 is 35.0 Å². The van der Waals surface area contributed by atoms with Gasteiger partial charge in [-0.05, 0) is 6.42 Å². The molecule has 1 aliphatic heterocycles. The van der Waals surface area contributed by atoms with Crippen LogP contribution < -0.4 is 0 Å². The molecule has 8 heteroatoms. The highest BCUT2D eigenvalue weighted by Crippen LogP contribution is 2.31. The summed E-state index contributed by atoms with van der Waals surface area (Å²) >= 11 is 0. The largest absolute Gasteiger partial charge is 0.428 e. The summed E-state index contributed by atoms with van der Waals surface area (Å²) in [5.74, 6) is -2.94. The van der Waals surface area contributed by atoms with Crippen molar-refractivity contribution < 1.29 is 39.8 Å². The lowest BCUT2D eigenvalue weighted by atomic mass is 9.93. The average Bonchev–Trinajstić information content (AvgIpc) is 2.80. The van der Waals surface area contributed by atoms with Gasteiger partial charge in [-0.15, -0.1) is 0 Å². The number of carbonyl (C=O) groups is 1. The summed E-state index contributed by atoms with van der Waals surface area (Å²) in [5, 5.41) is 49.2. The number of ether oxygens (including phenoxy) is 2. The molecule has 1 rings (SSSR count). The van der Waals surface area contributed by atoms with Gasteiger partial charge in [0.05, 0.1) is 6.61 Å². The Kier molecular flexibility index (Phi) is 15.4. The van der Waals surface area contributed by atoms with Gasteiger partial charge in [-0.25, -0.2) is 4.79 Å². The van der Waals surface area contributed by atoms with Gasteiger partial charge in [0.25, 0.3) is 0 Å². The van der Waals surface area contributed by atoms with Crippen molar-refractivity contribution in [2.75, 3.05) is 6.61 Å². The molecule has 0 saturated carbocycles. The summed E-state index contributed by atoms with van der Waals surface area (Å²) in [6.45, 7) is 2.84. The number of aliphatic hydroxyl groups excluding tert-OH is 5. The summed E-state index contributed by atoms with van der Waals surface area (Å²) in [5.41, 5.74) is 0. The van der Waals surface area contributed by atoms with E-state index in [-0.39, 0.29) is 6.42 Å². The molecule has 6 atom stereocenters. The van der Waals surface area contributed by atoms with E-state index < -0.39 is 48.9 Å². The molecule has 1 heterocycles. The van der Waals surface area contributed by atoms with Crippen LogP contribution in [-0.2, 0) is 14.3 Å². The smallest absolute Gasteiger partial charge is 0.337 e. The monoisotopic (exact) mass is 476 g/mol. The predicted molar refractivity (Wildman–Crippen MR) is 125 cm³/mol. The standard InChI is InChI=1S/C25H48O8/c1-3-4-5-6-7-8-9-10-11-12-13-14-15-16-17-19(27)24(31)33-25(2)23(30)22(29)21(28)20(18-26)32-25/h19-23,26-30H,3-18H2,1-2H3/t19?,20-,21-,22+,23-,25?/m1/s1. The first-order valence-corrected chi connectivity index (χ1v) is 13.0. The number of aliphatic hydroxyl groups is 5. The van der Waals surface area contributed by atoms with E-state index in [9.17, 15) is 30.3 Å². The first kappa shape index (κ1) is 30.3. The van der Waals surface area contributed by atoms with E-state index in [1.807, 2.05) is 0 Å². The Hall–Kier alpha value is -0.770. The maximum atomic E-state index is 12.2. The van der Waals surface area contributed by atoms with Crippen molar-refractivity contribution in [1.29, 1.82) is 0 Å². The second-order valence-corrected chi connectivity index (χ2v) is 9.60. The van der Waals surface area contributed by atoms with E-state index in [0.29, 0.717) is 6.42 Å². The van der Waals surface area contributed by atoms with Crippen molar-refractivity contribution in [3.63, 3.8) is 0 Å². The molecular weight excluding hydrogens is 428 g/mol. The molecule has 5 N–H and O–H groups in total. The number of hydrogen-bond donors (Lipinski definition) is 5. The molecule has 2 unspecified atom stereocenters. The Bertz CT molecular complexity index is 515. The number of esters is 1. The highest BCUT2D eigenvalue weighted by molar-refractivity contribution is 5.74. The number of rotatable bonds is 18. The lowest BCUT2D eigenvalue weighted by Gasteiger charge is -2.45. The fourth-order valence-electron chi connectivity index (χ4n) is 4.30. The van der Waals surface area contributed by atoms with Crippen LogP contribution in [0.1, 0.15) is 110 Å². The molecule has 0 aliphatic carbocycles. The first-order valence-electron chi connectivity index (χ1n) is 13.0. The Morgan fingerprint density at radius 2 is 1.30 bits per heavy atom. The summed E-state index contributed by atoms with van der Waals surface area (Å²) in [6.07, 6.45) is 9.76.